The van der Waals surface area contributed by atoms with Crippen LogP contribution in [0.25, 0.3) is 0 Å². The number of aliphatic imine (C=N–C) groups is 1. The molecule has 1 heterocycles. The van der Waals surface area contributed by atoms with Crippen LogP contribution < -0.4 is 15.4 Å². The van der Waals surface area contributed by atoms with E-state index in [1.807, 2.05) is 43.3 Å². The van der Waals surface area contributed by atoms with Crippen molar-refractivity contribution in [3.8, 4) is 5.88 Å². The van der Waals surface area contributed by atoms with Crippen LogP contribution in [-0.2, 0) is 13.1 Å². The van der Waals surface area contributed by atoms with Crippen LogP contribution in [0.1, 0.15) is 18.1 Å². The molecule has 0 aliphatic rings. The SMILES string of the molecule is CCOc1cc(CNC(=NC)NCc2cccc(Cl)c2)ccn1.I. The van der Waals surface area contributed by atoms with Crippen molar-refractivity contribution in [1.82, 2.24) is 15.6 Å². The van der Waals surface area contributed by atoms with Crippen molar-refractivity contribution in [3.63, 3.8) is 0 Å². The van der Waals surface area contributed by atoms with Crippen LogP contribution in [0, 0.1) is 0 Å². The summed E-state index contributed by atoms with van der Waals surface area (Å²) < 4.78 is 5.40. The molecule has 2 aromatic rings. The third-order valence-corrected chi connectivity index (χ3v) is 3.36. The zero-order chi connectivity index (χ0) is 16.5. The van der Waals surface area contributed by atoms with E-state index in [4.69, 9.17) is 16.3 Å². The second kappa shape index (κ2) is 11.1. The van der Waals surface area contributed by atoms with Crippen LogP contribution >= 0.6 is 35.6 Å². The number of aromatic nitrogens is 1. The first kappa shape index (κ1) is 20.5. The molecular formula is C17H22ClIN4O. The first-order valence-corrected chi connectivity index (χ1v) is 7.85. The number of pyridine rings is 1. The Kier molecular flexibility index (Phi) is 9.48. The van der Waals surface area contributed by atoms with Gasteiger partial charge in [-0.1, -0.05) is 23.7 Å². The normalized spacial score (nSPS) is 10.7. The van der Waals surface area contributed by atoms with Gasteiger partial charge in [-0.05, 0) is 36.2 Å². The molecule has 1 aromatic carbocycles. The van der Waals surface area contributed by atoms with E-state index in [0.29, 0.717) is 25.6 Å². The molecule has 130 valence electrons. The summed E-state index contributed by atoms with van der Waals surface area (Å²) in [7, 11) is 1.74. The second-order valence-corrected chi connectivity index (χ2v) is 5.28. The van der Waals surface area contributed by atoms with Gasteiger partial charge in [0, 0.05) is 37.4 Å². The molecule has 0 radical (unpaired) electrons. The van der Waals surface area contributed by atoms with Crippen molar-refractivity contribution in [1.29, 1.82) is 0 Å². The fourth-order valence-electron chi connectivity index (χ4n) is 2.03. The summed E-state index contributed by atoms with van der Waals surface area (Å²) in [5, 5.41) is 7.25. The molecule has 0 unspecified atom stereocenters. The maximum Gasteiger partial charge on any atom is 0.213 e. The Morgan fingerprint density at radius 3 is 2.50 bits per heavy atom. The van der Waals surface area contributed by atoms with E-state index in [1.165, 1.54) is 0 Å². The van der Waals surface area contributed by atoms with Crippen LogP contribution in [0.15, 0.2) is 47.6 Å². The number of nitrogens with zero attached hydrogens (tertiary/aromatic N) is 2. The minimum Gasteiger partial charge on any atom is -0.478 e. The van der Waals surface area contributed by atoms with E-state index in [0.717, 1.165) is 22.1 Å². The number of rotatable bonds is 6. The van der Waals surface area contributed by atoms with Crippen LogP contribution in [0.4, 0.5) is 0 Å². The number of hydrogen-bond donors (Lipinski definition) is 2. The molecule has 0 spiro atoms. The van der Waals surface area contributed by atoms with Crippen molar-refractivity contribution in [2.24, 2.45) is 4.99 Å². The minimum absolute atomic E-state index is 0. The van der Waals surface area contributed by atoms with Gasteiger partial charge in [-0.2, -0.15) is 0 Å². The van der Waals surface area contributed by atoms with Gasteiger partial charge in [0.05, 0.1) is 6.61 Å². The molecule has 0 aliphatic carbocycles. The summed E-state index contributed by atoms with van der Waals surface area (Å²) >= 11 is 5.98. The van der Waals surface area contributed by atoms with E-state index in [-0.39, 0.29) is 24.0 Å². The van der Waals surface area contributed by atoms with Gasteiger partial charge >= 0.3 is 0 Å². The highest BCUT2D eigenvalue weighted by Gasteiger charge is 2.01. The Morgan fingerprint density at radius 1 is 1.17 bits per heavy atom. The summed E-state index contributed by atoms with van der Waals surface area (Å²) in [5.41, 5.74) is 2.18. The van der Waals surface area contributed by atoms with E-state index >= 15 is 0 Å². The molecular weight excluding hydrogens is 439 g/mol. The summed E-state index contributed by atoms with van der Waals surface area (Å²) in [6.45, 7) is 3.83. The third-order valence-electron chi connectivity index (χ3n) is 3.12. The monoisotopic (exact) mass is 460 g/mol. The average molecular weight is 461 g/mol. The van der Waals surface area contributed by atoms with Crippen molar-refractivity contribution in [2.75, 3.05) is 13.7 Å². The molecule has 0 amide bonds. The summed E-state index contributed by atoms with van der Waals surface area (Å²) in [4.78, 5) is 8.37. The predicted octanol–water partition coefficient (Wildman–Crippen LogP) is 3.62. The molecule has 0 fully saturated rings. The van der Waals surface area contributed by atoms with Gasteiger partial charge in [-0.3, -0.25) is 4.99 Å². The Balaban J connectivity index is 0.00000288. The summed E-state index contributed by atoms with van der Waals surface area (Å²) in [5.74, 6) is 1.36. The minimum atomic E-state index is 0. The molecule has 0 aliphatic heterocycles. The lowest BCUT2D eigenvalue weighted by molar-refractivity contribution is 0.326. The Hall–Kier alpha value is -1.54. The van der Waals surface area contributed by atoms with Crippen molar-refractivity contribution < 1.29 is 4.74 Å². The lowest BCUT2D eigenvalue weighted by atomic mass is 10.2. The molecule has 0 saturated heterocycles. The van der Waals surface area contributed by atoms with E-state index < -0.39 is 0 Å². The number of benzene rings is 1. The fraction of sp³-hybridized carbons (Fsp3) is 0.294. The van der Waals surface area contributed by atoms with E-state index in [2.05, 4.69) is 20.6 Å². The highest BCUT2D eigenvalue weighted by Crippen LogP contribution is 2.10. The summed E-state index contributed by atoms with van der Waals surface area (Å²) in [6, 6.07) is 11.6. The Bertz CT molecular complexity index is 667. The number of halogens is 2. The lowest BCUT2D eigenvalue weighted by Gasteiger charge is -2.12. The molecule has 1 aromatic heterocycles. The molecule has 2 N–H and O–H groups in total. The largest absolute Gasteiger partial charge is 0.478 e. The van der Waals surface area contributed by atoms with Crippen molar-refractivity contribution in [2.45, 2.75) is 20.0 Å². The first-order valence-electron chi connectivity index (χ1n) is 7.48. The number of guanidine groups is 1. The zero-order valence-electron chi connectivity index (χ0n) is 13.8. The Morgan fingerprint density at radius 2 is 1.88 bits per heavy atom. The van der Waals surface area contributed by atoms with Gasteiger partial charge in [-0.25, -0.2) is 4.98 Å². The topological polar surface area (TPSA) is 58.5 Å². The average Bonchev–Trinajstić information content (AvgIpc) is 2.56. The zero-order valence-corrected chi connectivity index (χ0v) is 16.8. The number of ether oxygens (including phenoxy) is 1. The summed E-state index contributed by atoms with van der Waals surface area (Å²) in [6.07, 6.45) is 1.74. The van der Waals surface area contributed by atoms with Crippen molar-refractivity contribution in [3.05, 3.63) is 58.7 Å². The van der Waals surface area contributed by atoms with Crippen LogP contribution in [0.5, 0.6) is 5.88 Å². The molecule has 5 nitrogen and oxygen atoms in total. The molecule has 0 atom stereocenters. The van der Waals surface area contributed by atoms with Gasteiger partial charge in [0.1, 0.15) is 0 Å². The highest BCUT2D eigenvalue weighted by atomic mass is 127. The maximum absolute atomic E-state index is 5.98. The van der Waals surface area contributed by atoms with E-state index in [9.17, 15) is 0 Å². The van der Waals surface area contributed by atoms with Crippen LogP contribution in [-0.4, -0.2) is 24.6 Å². The van der Waals surface area contributed by atoms with Crippen LogP contribution in [0.2, 0.25) is 5.02 Å². The Labute approximate surface area is 164 Å². The van der Waals surface area contributed by atoms with Gasteiger partial charge < -0.3 is 15.4 Å². The molecule has 24 heavy (non-hydrogen) atoms. The standard InChI is InChI=1S/C17H21ClN4O.HI/c1-3-23-16-10-14(7-8-20-16)12-22-17(19-2)21-11-13-5-4-6-15(18)9-13;/h4-10H,3,11-12H2,1-2H3,(H2,19,21,22);1H. The highest BCUT2D eigenvalue weighted by molar-refractivity contribution is 14.0. The van der Waals surface area contributed by atoms with E-state index in [1.54, 1.807) is 13.2 Å². The smallest absolute Gasteiger partial charge is 0.213 e. The molecule has 2 rings (SSSR count). The second-order valence-electron chi connectivity index (χ2n) is 4.84. The first-order chi connectivity index (χ1) is 11.2. The lowest BCUT2D eigenvalue weighted by Crippen LogP contribution is -2.36. The van der Waals surface area contributed by atoms with Crippen LogP contribution in [0.3, 0.4) is 0 Å². The third kappa shape index (κ3) is 6.92. The molecule has 0 bridgehead atoms. The fourth-order valence-corrected chi connectivity index (χ4v) is 2.24. The predicted molar refractivity (Wildman–Crippen MR) is 109 cm³/mol. The molecule has 7 heteroatoms. The number of nitrogens with one attached hydrogen (secondary N) is 2. The van der Waals surface area contributed by atoms with Crippen molar-refractivity contribution >= 4 is 41.5 Å². The van der Waals surface area contributed by atoms with Gasteiger partial charge in [0.25, 0.3) is 0 Å². The molecule has 0 saturated carbocycles. The van der Waals surface area contributed by atoms with Gasteiger partial charge in [0.2, 0.25) is 5.88 Å². The van der Waals surface area contributed by atoms with Gasteiger partial charge in [0.15, 0.2) is 5.96 Å². The number of hydrogen-bond acceptors (Lipinski definition) is 3. The van der Waals surface area contributed by atoms with Gasteiger partial charge in [-0.15, -0.1) is 24.0 Å². The maximum atomic E-state index is 5.98. The quantitative estimate of drug-likeness (QED) is 0.393.